The normalized spacial score (nSPS) is 11.6. The van der Waals surface area contributed by atoms with Crippen LogP contribution in [0.4, 0.5) is 11.4 Å². The zero-order valence-electron chi connectivity index (χ0n) is 13.2. The van der Waals surface area contributed by atoms with Gasteiger partial charge in [0.2, 0.25) is 0 Å². The minimum absolute atomic E-state index is 0.0324. The van der Waals surface area contributed by atoms with Crippen molar-refractivity contribution in [3.8, 4) is 5.75 Å². The minimum Gasteiger partial charge on any atom is -0.481 e. The zero-order valence-corrected chi connectivity index (χ0v) is 13.2. The van der Waals surface area contributed by atoms with Crippen molar-refractivity contribution < 1.29 is 14.5 Å². The highest BCUT2D eigenvalue weighted by Crippen LogP contribution is 2.22. The Labute approximate surface area is 134 Å². The summed E-state index contributed by atoms with van der Waals surface area (Å²) in [5.41, 5.74) is 1.91. The predicted molar refractivity (Wildman–Crippen MR) is 87.7 cm³/mol. The number of ether oxygens (including phenoxy) is 1. The molecule has 0 saturated heterocycles. The second-order valence-corrected chi connectivity index (χ2v) is 5.32. The van der Waals surface area contributed by atoms with E-state index in [0.29, 0.717) is 17.0 Å². The van der Waals surface area contributed by atoms with E-state index >= 15 is 0 Å². The highest BCUT2D eigenvalue weighted by Gasteiger charge is 2.17. The number of amides is 1. The van der Waals surface area contributed by atoms with E-state index in [9.17, 15) is 14.9 Å². The van der Waals surface area contributed by atoms with Crippen LogP contribution in [0.3, 0.4) is 0 Å². The van der Waals surface area contributed by atoms with E-state index in [-0.39, 0.29) is 11.6 Å². The second-order valence-electron chi connectivity index (χ2n) is 5.32. The van der Waals surface area contributed by atoms with Crippen molar-refractivity contribution in [3.63, 3.8) is 0 Å². The molecular weight excluding hydrogens is 296 g/mol. The van der Waals surface area contributed by atoms with Crippen molar-refractivity contribution in [1.29, 1.82) is 0 Å². The zero-order chi connectivity index (χ0) is 17.0. The van der Waals surface area contributed by atoms with Crippen LogP contribution in [-0.4, -0.2) is 16.9 Å². The van der Waals surface area contributed by atoms with Gasteiger partial charge in [0, 0.05) is 17.3 Å². The molecule has 0 fully saturated rings. The summed E-state index contributed by atoms with van der Waals surface area (Å²) < 4.78 is 5.58. The molecule has 0 heterocycles. The largest absolute Gasteiger partial charge is 0.481 e. The number of carbonyl (C=O) groups excluding carboxylic acids is 1. The van der Waals surface area contributed by atoms with Crippen LogP contribution < -0.4 is 10.1 Å². The Balaban J connectivity index is 2.06. The second kappa shape index (κ2) is 6.91. The van der Waals surface area contributed by atoms with Crippen LogP contribution in [0.15, 0.2) is 42.5 Å². The van der Waals surface area contributed by atoms with Crippen LogP contribution >= 0.6 is 0 Å². The summed E-state index contributed by atoms with van der Waals surface area (Å²) in [5, 5.41) is 13.6. The molecule has 23 heavy (non-hydrogen) atoms. The highest BCUT2D eigenvalue weighted by molar-refractivity contribution is 5.94. The van der Waals surface area contributed by atoms with Gasteiger partial charge in [0.1, 0.15) is 5.75 Å². The van der Waals surface area contributed by atoms with Crippen LogP contribution in [0.1, 0.15) is 18.1 Å². The molecule has 1 amide bonds. The Morgan fingerprint density at radius 1 is 1.22 bits per heavy atom. The fourth-order valence-electron chi connectivity index (χ4n) is 2.07. The Kier molecular flexibility index (Phi) is 4.95. The number of hydrogen-bond donors (Lipinski definition) is 1. The van der Waals surface area contributed by atoms with Gasteiger partial charge in [-0.15, -0.1) is 0 Å². The van der Waals surface area contributed by atoms with E-state index in [1.807, 2.05) is 25.1 Å². The molecule has 120 valence electrons. The summed E-state index contributed by atoms with van der Waals surface area (Å²) in [7, 11) is 0. The first kappa shape index (κ1) is 16.5. The molecule has 6 nitrogen and oxygen atoms in total. The summed E-state index contributed by atoms with van der Waals surface area (Å²) in [6, 6.07) is 11.9. The van der Waals surface area contributed by atoms with Crippen molar-refractivity contribution in [2.24, 2.45) is 0 Å². The first-order valence-electron chi connectivity index (χ1n) is 7.16. The number of aryl methyl sites for hydroxylation is 2. The van der Waals surface area contributed by atoms with Gasteiger partial charge in [-0.3, -0.25) is 14.9 Å². The van der Waals surface area contributed by atoms with Gasteiger partial charge in [0.15, 0.2) is 6.10 Å². The predicted octanol–water partition coefficient (Wildman–Crippen LogP) is 3.62. The number of carbonyl (C=O) groups is 1. The van der Waals surface area contributed by atoms with Gasteiger partial charge in [-0.25, -0.2) is 0 Å². The molecule has 0 aliphatic heterocycles. The molecule has 6 heteroatoms. The average Bonchev–Trinajstić information content (AvgIpc) is 2.48. The number of nitro benzene ring substituents is 1. The summed E-state index contributed by atoms with van der Waals surface area (Å²) in [4.78, 5) is 22.6. The Hall–Kier alpha value is -2.89. The highest BCUT2D eigenvalue weighted by atomic mass is 16.6. The van der Waals surface area contributed by atoms with E-state index in [4.69, 9.17) is 4.74 Å². The molecule has 2 aromatic carbocycles. The lowest BCUT2D eigenvalue weighted by Crippen LogP contribution is -2.30. The Morgan fingerprint density at radius 3 is 2.61 bits per heavy atom. The molecule has 0 radical (unpaired) electrons. The number of rotatable bonds is 5. The molecule has 0 bridgehead atoms. The van der Waals surface area contributed by atoms with Crippen molar-refractivity contribution in [3.05, 3.63) is 63.7 Å². The molecule has 0 aromatic heterocycles. The van der Waals surface area contributed by atoms with Crippen LogP contribution in [0.25, 0.3) is 0 Å². The first-order valence-corrected chi connectivity index (χ1v) is 7.16. The third kappa shape index (κ3) is 4.29. The standard InChI is InChI=1S/C17H18N2O4/c1-11-5-4-6-15(9-11)23-13(3)17(20)18-14-8-7-12(2)16(10-14)19(21)22/h4-10,13H,1-3H3,(H,18,20). The molecule has 2 rings (SSSR count). The number of nitrogens with one attached hydrogen (secondary N) is 1. The number of anilines is 1. The number of nitro groups is 1. The molecule has 2 aromatic rings. The van der Waals surface area contributed by atoms with Crippen LogP contribution in [0.5, 0.6) is 5.75 Å². The van der Waals surface area contributed by atoms with Crippen molar-refractivity contribution in [1.82, 2.24) is 0 Å². The number of nitrogens with zero attached hydrogens (tertiary/aromatic N) is 1. The van der Waals surface area contributed by atoms with Gasteiger partial charge < -0.3 is 10.1 Å². The van der Waals surface area contributed by atoms with Crippen molar-refractivity contribution >= 4 is 17.3 Å². The topological polar surface area (TPSA) is 81.5 Å². The van der Waals surface area contributed by atoms with Crippen LogP contribution in [0, 0.1) is 24.0 Å². The maximum Gasteiger partial charge on any atom is 0.274 e. The molecule has 0 spiro atoms. The van der Waals surface area contributed by atoms with E-state index in [2.05, 4.69) is 5.32 Å². The maximum atomic E-state index is 12.2. The lowest BCUT2D eigenvalue weighted by Gasteiger charge is -2.15. The molecule has 1 unspecified atom stereocenters. The molecule has 1 atom stereocenters. The number of hydrogen-bond acceptors (Lipinski definition) is 4. The molecule has 0 aliphatic carbocycles. The Morgan fingerprint density at radius 2 is 1.96 bits per heavy atom. The van der Waals surface area contributed by atoms with Gasteiger partial charge in [-0.2, -0.15) is 0 Å². The lowest BCUT2D eigenvalue weighted by atomic mass is 10.2. The van der Waals surface area contributed by atoms with Crippen molar-refractivity contribution in [2.75, 3.05) is 5.32 Å². The quantitative estimate of drug-likeness (QED) is 0.675. The van der Waals surface area contributed by atoms with Crippen LogP contribution in [-0.2, 0) is 4.79 Å². The van der Waals surface area contributed by atoms with Crippen LogP contribution in [0.2, 0.25) is 0 Å². The van der Waals surface area contributed by atoms with Crippen molar-refractivity contribution in [2.45, 2.75) is 26.9 Å². The molecular formula is C17H18N2O4. The number of benzene rings is 2. The summed E-state index contributed by atoms with van der Waals surface area (Å²) in [6.07, 6.45) is -0.725. The monoisotopic (exact) mass is 314 g/mol. The third-order valence-electron chi connectivity index (χ3n) is 3.34. The average molecular weight is 314 g/mol. The molecule has 1 N–H and O–H groups in total. The smallest absolute Gasteiger partial charge is 0.274 e. The van der Waals surface area contributed by atoms with E-state index in [1.165, 1.54) is 6.07 Å². The van der Waals surface area contributed by atoms with Gasteiger partial charge in [0.25, 0.3) is 11.6 Å². The summed E-state index contributed by atoms with van der Waals surface area (Å²) in [6.45, 7) is 5.20. The van der Waals surface area contributed by atoms with E-state index in [1.54, 1.807) is 32.0 Å². The molecule has 0 saturated carbocycles. The Bertz CT molecular complexity index is 743. The third-order valence-corrected chi connectivity index (χ3v) is 3.34. The SMILES string of the molecule is Cc1cccc(OC(C)C(=O)Nc2ccc(C)c([N+](=O)[O-])c2)c1. The van der Waals surface area contributed by atoms with Gasteiger partial charge in [0.05, 0.1) is 4.92 Å². The minimum atomic E-state index is -0.725. The van der Waals surface area contributed by atoms with E-state index in [0.717, 1.165) is 5.56 Å². The van der Waals surface area contributed by atoms with Gasteiger partial charge >= 0.3 is 0 Å². The molecule has 0 aliphatic rings. The van der Waals surface area contributed by atoms with E-state index < -0.39 is 11.0 Å². The van der Waals surface area contributed by atoms with Gasteiger partial charge in [-0.05, 0) is 44.5 Å². The first-order chi connectivity index (χ1) is 10.9. The van der Waals surface area contributed by atoms with Gasteiger partial charge in [-0.1, -0.05) is 18.2 Å². The summed E-state index contributed by atoms with van der Waals surface area (Å²) in [5.74, 6) is 0.229. The summed E-state index contributed by atoms with van der Waals surface area (Å²) >= 11 is 0. The lowest BCUT2D eigenvalue weighted by molar-refractivity contribution is -0.385. The maximum absolute atomic E-state index is 12.2. The fraction of sp³-hybridized carbons (Fsp3) is 0.235. The fourth-order valence-corrected chi connectivity index (χ4v) is 2.07.